The van der Waals surface area contributed by atoms with Crippen molar-refractivity contribution >= 4 is 21.6 Å². The molecule has 0 aliphatic heterocycles. The van der Waals surface area contributed by atoms with Gasteiger partial charge in [0.25, 0.3) is 5.56 Å². The van der Waals surface area contributed by atoms with Crippen LogP contribution in [0.15, 0.2) is 40.8 Å². The van der Waals surface area contributed by atoms with Crippen molar-refractivity contribution in [3.05, 3.63) is 57.5 Å². The van der Waals surface area contributed by atoms with Crippen molar-refractivity contribution in [2.45, 2.75) is 45.8 Å². The van der Waals surface area contributed by atoms with E-state index in [4.69, 9.17) is 4.74 Å². The molecule has 0 fully saturated rings. The molecule has 26 heavy (non-hydrogen) atoms. The molecule has 138 valence electrons. The van der Waals surface area contributed by atoms with Crippen LogP contribution in [0.1, 0.15) is 31.9 Å². The van der Waals surface area contributed by atoms with Gasteiger partial charge in [0, 0.05) is 0 Å². The fourth-order valence-electron chi connectivity index (χ4n) is 2.77. The SMILES string of the molecule is Cc1cc(C(C)(C)C)ccc1OC[C@@H](O)Cn1cnc2sccc2c1=O. The van der Waals surface area contributed by atoms with Crippen LogP contribution in [0.3, 0.4) is 0 Å². The van der Waals surface area contributed by atoms with Gasteiger partial charge in [-0.1, -0.05) is 32.9 Å². The minimum absolute atomic E-state index is 0.0806. The average Bonchev–Trinajstić information content (AvgIpc) is 3.05. The molecule has 0 saturated carbocycles. The van der Waals surface area contributed by atoms with Gasteiger partial charge in [-0.15, -0.1) is 11.3 Å². The Morgan fingerprint density at radius 1 is 1.31 bits per heavy atom. The number of hydrogen-bond donors (Lipinski definition) is 1. The quantitative estimate of drug-likeness (QED) is 0.744. The Labute approximate surface area is 156 Å². The number of rotatable bonds is 5. The molecular weight excluding hydrogens is 348 g/mol. The molecule has 0 aliphatic rings. The van der Waals surface area contributed by atoms with E-state index in [9.17, 15) is 9.90 Å². The topological polar surface area (TPSA) is 64.3 Å². The van der Waals surface area contributed by atoms with Crippen LogP contribution >= 0.6 is 11.3 Å². The highest BCUT2D eigenvalue weighted by molar-refractivity contribution is 7.16. The van der Waals surface area contributed by atoms with Crippen LogP contribution in [0.4, 0.5) is 0 Å². The van der Waals surface area contributed by atoms with E-state index >= 15 is 0 Å². The molecule has 0 unspecified atom stereocenters. The monoisotopic (exact) mass is 372 g/mol. The van der Waals surface area contributed by atoms with Crippen LogP contribution in [0.2, 0.25) is 0 Å². The normalized spacial score (nSPS) is 13.1. The van der Waals surface area contributed by atoms with Crippen molar-refractivity contribution < 1.29 is 9.84 Å². The van der Waals surface area contributed by atoms with E-state index in [2.05, 4.69) is 31.8 Å². The van der Waals surface area contributed by atoms with E-state index < -0.39 is 6.10 Å². The minimum atomic E-state index is -0.799. The molecule has 2 heterocycles. The van der Waals surface area contributed by atoms with E-state index in [1.165, 1.54) is 27.8 Å². The van der Waals surface area contributed by atoms with Gasteiger partial charge in [0.15, 0.2) is 0 Å². The maximum Gasteiger partial charge on any atom is 0.262 e. The summed E-state index contributed by atoms with van der Waals surface area (Å²) in [5.41, 5.74) is 2.21. The molecule has 0 saturated heterocycles. The van der Waals surface area contributed by atoms with Crippen LogP contribution < -0.4 is 10.3 Å². The van der Waals surface area contributed by atoms with Crippen LogP contribution in [-0.2, 0) is 12.0 Å². The maximum absolute atomic E-state index is 12.4. The van der Waals surface area contributed by atoms with Crippen molar-refractivity contribution in [3.8, 4) is 5.75 Å². The molecule has 3 rings (SSSR count). The number of ether oxygens (including phenoxy) is 1. The summed E-state index contributed by atoms with van der Waals surface area (Å²) in [4.78, 5) is 17.3. The minimum Gasteiger partial charge on any atom is -0.491 e. The molecule has 0 spiro atoms. The van der Waals surface area contributed by atoms with Crippen molar-refractivity contribution in [2.24, 2.45) is 0 Å². The number of aryl methyl sites for hydroxylation is 1. The highest BCUT2D eigenvalue weighted by Gasteiger charge is 2.16. The smallest absolute Gasteiger partial charge is 0.262 e. The molecule has 0 aliphatic carbocycles. The average molecular weight is 372 g/mol. The fraction of sp³-hybridized carbons (Fsp3) is 0.400. The summed E-state index contributed by atoms with van der Waals surface area (Å²) in [6.45, 7) is 8.77. The third kappa shape index (κ3) is 3.97. The summed E-state index contributed by atoms with van der Waals surface area (Å²) in [5.74, 6) is 0.746. The third-order valence-electron chi connectivity index (χ3n) is 4.33. The molecule has 5 nitrogen and oxygen atoms in total. The van der Waals surface area contributed by atoms with Gasteiger partial charge in [-0.2, -0.15) is 0 Å². The molecular formula is C20H24N2O3S. The summed E-state index contributed by atoms with van der Waals surface area (Å²) >= 11 is 1.43. The van der Waals surface area contributed by atoms with Gasteiger partial charge >= 0.3 is 0 Å². The zero-order chi connectivity index (χ0) is 18.9. The molecule has 3 aromatic rings. The van der Waals surface area contributed by atoms with Gasteiger partial charge in [0.2, 0.25) is 0 Å². The second-order valence-corrected chi connectivity index (χ2v) is 8.43. The fourth-order valence-corrected chi connectivity index (χ4v) is 3.49. The summed E-state index contributed by atoms with van der Waals surface area (Å²) in [6, 6.07) is 7.86. The number of fused-ring (bicyclic) bond motifs is 1. The molecule has 0 amide bonds. The molecule has 6 heteroatoms. The standard InChI is InChI=1S/C20H24N2O3S/c1-13-9-14(20(2,3)4)5-6-17(13)25-11-15(23)10-22-12-21-18-16(19(22)24)7-8-26-18/h5-9,12,15,23H,10-11H2,1-4H3/t15-/m0/s1. The van der Waals surface area contributed by atoms with Crippen LogP contribution in [0.5, 0.6) is 5.75 Å². The summed E-state index contributed by atoms with van der Waals surface area (Å²) in [6.07, 6.45) is 0.681. The lowest BCUT2D eigenvalue weighted by atomic mass is 9.86. The van der Waals surface area contributed by atoms with E-state index in [-0.39, 0.29) is 24.1 Å². The number of aromatic nitrogens is 2. The van der Waals surface area contributed by atoms with E-state index in [1.807, 2.05) is 24.4 Å². The lowest BCUT2D eigenvalue weighted by Gasteiger charge is -2.21. The zero-order valence-corrected chi connectivity index (χ0v) is 16.3. The zero-order valence-electron chi connectivity index (χ0n) is 15.5. The van der Waals surface area contributed by atoms with E-state index in [0.29, 0.717) is 10.2 Å². The Balaban J connectivity index is 1.66. The first-order valence-electron chi connectivity index (χ1n) is 8.60. The molecule has 1 aromatic carbocycles. The van der Waals surface area contributed by atoms with Gasteiger partial charge in [0.05, 0.1) is 18.3 Å². The highest BCUT2D eigenvalue weighted by atomic mass is 32.1. The van der Waals surface area contributed by atoms with Gasteiger partial charge in [-0.25, -0.2) is 4.98 Å². The van der Waals surface area contributed by atoms with Crippen molar-refractivity contribution in [3.63, 3.8) is 0 Å². The first-order valence-corrected chi connectivity index (χ1v) is 9.48. The summed E-state index contributed by atoms with van der Waals surface area (Å²) < 4.78 is 7.20. The number of hydrogen-bond acceptors (Lipinski definition) is 5. The first kappa shape index (κ1) is 18.6. The molecule has 0 radical (unpaired) electrons. The lowest BCUT2D eigenvalue weighted by molar-refractivity contribution is 0.0911. The van der Waals surface area contributed by atoms with Crippen molar-refractivity contribution in [1.29, 1.82) is 0 Å². The number of nitrogens with zero attached hydrogens (tertiary/aromatic N) is 2. The molecule has 1 atom stereocenters. The predicted molar refractivity (Wildman–Crippen MR) is 105 cm³/mol. The Morgan fingerprint density at radius 2 is 2.08 bits per heavy atom. The summed E-state index contributed by atoms with van der Waals surface area (Å²) in [7, 11) is 0. The number of aliphatic hydroxyl groups excluding tert-OH is 1. The van der Waals surface area contributed by atoms with Crippen LogP contribution in [0.25, 0.3) is 10.2 Å². The second-order valence-electron chi connectivity index (χ2n) is 7.54. The van der Waals surface area contributed by atoms with E-state index in [1.54, 1.807) is 6.07 Å². The largest absolute Gasteiger partial charge is 0.491 e. The second kappa shape index (κ2) is 7.21. The molecule has 0 bridgehead atoms. The van der Waals surface area contributed by atoms with E-state index in [0.717, 1.165) is 11.3 Å². The first-order chi connectivity index (χ1) is 12.3. The number of aliphatic hydroxyl groups is 1. The lowest BCUT2D eigenvalue weighted by Crippen LogP contribution is -2.30. The van der Waals surface area contributed by atoms with Crippen LogP contribution in [0, 0.1) is 6.92 Å². The molecule has 2 aromatic heterocycles. The van der Waals surface area contributed by atoms with Crippen molar-refractivity contribution in [1.82, 2.24) is 9.55 Å². The van der Waals surface area contributed by atoms with Gasteiger partial charge in [-0.05, 0) is 41.0 Å². The Morgan fingerprint density at radius 3 is 2.77 bits per heavy atom. The predicted octanol–water partition coefficient (Wildman–Crippen LogP) is 3.50. The van der Waals surface area contributed by atoms with Gasteiger partial charge < -0.3 is 9.84 Å². The van der Waals surface area contributed by atoms with Gasteiger partial charge in [-0.3, -0.25) is 9.36 Å². The Kier molecular flexibility index (Phi) is 5.16. The van der Waals surface area contributed by atoms with Gasteiger partial charge in [0.1, 0.15) is 23.3 Å². The van der Waals surface area contributed by atoms with Crippen LogP contribution in [-0.4, -0.2) is 27.4 Å². The highest BCUT2D eigenvalue weighted by Crippen LogP contribution is 2.27. The summed E-state index contributed by atoms with van der Waals surface area (Å²) in [5, 5.41) is 12.7. The Bertz CT molecular complexity index is 969. The maximum atomic E-state index is 12.4. The van der Waals surface area contributed by atoms with Crippen molar-refractivity contribution in [2.75, 3.05) is 6.61 Å². The number of benzene rings is 1. The third-order valence-corrected chi connectivity index (χ3v) is 5.15. The molecule has 1 N–H and O–H groups in total. The Hall–Kier alpha value is -2.18. The number of thiophene rings is 1.